The monoisotopic (exact) mass is 223 g/mol. The zero-order chi connectivity index (χ0) is 11.8. The molecule has 0 atom stereocenters. The molecule has 0 saturated carbocycles. The smallest absolute Gasteiger partial charge is 0.0827 e. The van der Waals surface area contributed by atoms with Crippen molar-refractivity contribution in [2.75, 3.05) is 0 Å². The highest BCUT2D eigenvalue weighted by atomic mass is 15.4. The average molecular weight is 223 g/mol. The van der Waals surface area contributed by atoms with Crippen molar-refractivity contribution in [3.05, 3.63) is 11.9 Å². The molecule has 3 heteroatoms. The predicted molar refractivity (Wildman–Crippen MR) is 67.3 cm³/mol. The summed E-state index contributed by atoms with van der Waals surface area (Å²) in [5, 5.41) is 8.36. The molecule has 1 rings (SSSR count). The molecule has 0 saturated heterocycles. The predicted octanol–water partition coefficient (Wildman–Crippen LogP) is 3.45. The number of nitrogens with zero attached hydrogens (tertiary/aromatic N) is 3. The van der Waals surface area contributed by atoms with Gasteiger partial charge in [-0.1, -0.05) is 45.2 Å². The third-order valence-electron chi connectivity index (χ3n) is 2.81. The molecule has 0 radical (unpaired) electrons. The molecule has 0 amide bonds. The topological polar surface area (TPSA) is 30.7 Å². The lowest BCUT2D eigenvalue weighted by Gasteiger charge is -2.02. The van der Waals surface area contributed by atoms with Gasteiger partial charge in [-0.05, 0) is 25.2 Å². The van der Waals surface area contributed by atoms with Gasteiger partial charge in [-0.3, -0.25) is 4.68 Å². The molecular weight excluding hydrogens is 198 g/mol. The number of aryl methyl sites for hydroxylation is 2. The fraction of sp³-hybridized carbons (Fsp3) is 0.846. The summed E-state index contributed by atoms with van der Waals surface area (Å²) in [4.78, 5) is 0. The molecule has 1 aromatic rings. The van der Waals surface area contributed by atoms with E-state index in [1.165, 1.54) is 32.1 Å². The summed E-state index contributed by atoms with van der Waals surface area (Å²) in [5.74, 6) is 0.734. The first kappa shape index (κ1) is 13.2. The van der Waals surface area contributed by atoms with E-state index in [-0.39, 0.29) is 0 Å². The maximum absolute atomic E-state index is 4.20. The Kier molecular flexibility index (Phi) is 6.12. The van der Waals surface area contributed by atoms with Gasteiger partial charge in [-0.2, -0.15) is 0 Å². The van der Waals surface area contributed by atoms with E-state index in [2.05, 4.69) is 37.3 Å². The van der Waals surface area contributed by atoms with Crippen molar-refractivity contribution in [2.45, 2.75) is 65.8 Å². The molecule has 1 heterocycles. The van der Waals surface area contributed by atoms with E-state index in [4.69, 9.17) is 0 Å². The van der Waals surface area contributed by atoms with Gasteiger partial charge < -0.3 is 0 Å². The van der Waals surface area contributed by atoms with E-state index in [9.17, 15) is 0 Å². The van der Waals surface area contributed by atoms with Crippen LogP contribution in [-0.2, 0) is 13.0 Å². The summed E-state index contributed by atoms with van der Waals surface area (Å²) in [6.07, 6.45) is 9.56. The second kappa shape index (κ2) is 7.42. The number of hydrogen-bond acceptors (Lipinski definition) is 2. The highest BCUT2D eigenvalue weighted by Gasteiger charge is 2.01. The molecule has 0 N–H and O–H groups in total. The summed E-state index contributed by atoms with van der Waals surface area (Å²) < 4.78 is 1.98. The van der Waals surface area contributed by atoms with Gasteiger partial charge in [0.05, 0.1) is 5.69 Å². The van der Waals surface area contributed by atoms with E-state index < -0.39 is 0 Å². The molecule has 92 valence electrons. The van der Waals surface area contributed by atoms with Gasteiger partial charge in [0.25, 0.3) is 0 Å². The third kappa shape index (κ3) is 5.29. The van der Waals surface area contributed by atoms with Crippen molar-refractivity contribution in [3.63, 3.8) is 0 Å². The Bertz CT molecular complexity index is 278. The van der Waals surface area contributed by atoms with Crippen LogP contribution in [0.4, 0.5) is 0 Å². The largest absolute Gasteiger partial charge is 0.252 e. The lowest BCUT2D eigenvalue weighted by atomic mass is 10.1. The van der Waals surface area contributed by atoms with Crippen molar-refractivity contribution in [2.24, 2.45) is 5.92 Å². The van der Waals surface area contributed by atoms with Crippen LogP contribution in [0.1, 0.15) is 58.6 Å². The molecule has 0 bridgehead atoms. The van der Waals surface area contributed by atoms with Gasteiger partial charge in [0.1, 0.15) is 0 Å². The van der Waals surface area contributed by atoms with E-state index >= 15 is 0 Å². The Hall–Kier alpha value is -0.860. The molecule has 0 unspecified atom stereocenters. The maximum atomic E-state index is 4.20. The fourth-order valence-electron chi connectivity index (χ4n) is 1.69. The molecule has 0 aliphatic rings. The molecular formula is C13H25N3. The minimum absolute atomic E-state index is 0.734. The number of rotatable bonds is 8. The van der Waals surface area contributed by atoms with E-state index in [0.29, 0.717) is 0 Å². The quantitative estimate of drug-likeness (QED) is 0.632. The molecule has 1 aromatic heterocycles. The average Bonchev–Trinajstić information content (AvgIpc) is 2.70. The van der Waals surface area contributed by atoms with Gasteiger partial charge in [0, 0.05) is 12.7 Å². The Labute approximate surface area is 99.2 Å². The molecule has 0 aliphatic carbocycles. The standard InChI is InChI=1S/C13H25N3/c1-4-5-6-7-8-13-11-16(15-14-13)10-9-12(2)3/h11-12H,4-10H2,1-3H3. The van der Waals surface area contributed by atoms with Crippen LogP contribution >= 0.6 is 0 Å². The van der Waals surface area contributed by atoms with Crippen LogP contribution < -0.4 is 0 Å². The van der Waals surface area contributed by atoms with Gasteiger partial charge in [0.15, 0.2) is 0 Å². The zero-order valence-electron chi connectivity index (χ0n) is 10.9. The van der Waals surface area contributed by atoms with Gasteiger partial charge in [0.2, 0.25) is 0 Å². The molecule has 0 aromatic carbocycles. The van der Waals surface area contributed by atoms with Crippen LogP contribution in [-0.4, -0.2) is 15.0 Å². The van der Waals surface area contributed by atoms with E-state index in [1.54, 1.807) is 0 Å². The van der Waals surface area contributed by atoms with Gasteiger partial charge in [-0.25, -0.2) is 0 Å². The highest BCUT2D eigenvalue weighted by Crippen LogP contribution is 2.06. The number of hydrogen-bond donors (Lipinski definition) is 0. The summed E-state index contributed by atoms with van der Waals surface area (Å²) in [6.45, 7) is 7.72. The maximum Gasteiger partial charge on any atom is 0.0827 e. The van der Waals surface area contributed by atoms with Gasteiger partial charge in [-0.15, -0.1) is 5.10 Å². The third-order valence-corrected chi connectivity index (χ3v) is 2.81. The van der Waals surface area contributed by atoms with Gasteiger partial charge >= 0.3 is 0 Å². The Morgan fingerprint density at radius 3 is 2.75 bits per heavy atom. The van der Waals surface area contributed by atoms with Crippen molar-refractivity contribution in [1.82, 2.24) is 15.0 Å². The van der Waals surface area contributed by atoms with Crippen molar-refractivity contribution in [1.29, 1.82) is 0 Å². The number of unbranched alkanes of at least 4 members (excludes halogenated alkanes) is 3. The Balaban J connectivity index is 2.22. The normalized spacial score (nSPS) is 11.2. The first-order valence-corrected chi connectivity index (χ1v) is 6.61. The van der Waals surface area contributed by atoms with Crippen LogP contribution in [0, 0.1) is 5.92 Å². The molecule has 3 nitrogen and oxygen atoms in total. The zero-order valence-corrected chi connectivity index (χ0v) is 10.9. The van der Waals surface area contributed by atoms with Crippen molar-refractivity contribution < 1.29 is 0 Å². The Morgan fingerprint density at radius 2 is 2.06 bits per heavy atom. The molecule has 0 aliphatic heterocycles. The van der Waals surface area contributed by atoms with Crippen LogP contribution in [0.15, 0.2) is 6.20 Å². The molecule has 0 fully saturated rings. The lowest BCUT2D eigenvalue weighted by Crippen LogP contribution is -2.01. The minimum Gasteiger partial charge on any atom is -0.252 e. The van der Waals surface area contributed by atoms with Crippen LogP contribution in [0.25, 0.3) is 0 Å². The molecule has 0 spiro atoms. The fourth-order valence-corrected chi connectivity index (χ4v) is 1.69. The van der Waals surface area contributed by atoms with Crippen LogP contribution in [0.2, 0.25) is 0 Å². The SMILES string of the molecule is CCCCCCc1cn(CCC(C)C)nn1. The van der Waals surface area contributed by atoms with Crippen molar-refractivity contribution in [3.8, 4) is 0 Å². The highest BCUT2D eigenvalue weighted by molar-refractivity contribution is 4.92. The number of aromatic nitrogens is 3. The summed E-state index contributed by atoms with van der Waals surface area (Å²) in [7, 11) is 0. The summed E-state index contributed by atoms with van der Waals surface area (Å²) >= 11 is 0. The Morgan fingerprint density at radius 1 is 1.25 bits per heavy atom. The van der Waals surface area contributed by atoms with Crippen LogP contribution in [0.5, 0.6) is 0 Å². The summed E-state index contributed by atoms with van der Waals surface area (Å²) in [6, 6.07) is 0. The first-order chi connectivity index (χ1) is 7.72. The summed E-state index contributed by atoms with van der Waals surface area (Å²) in [5.41, 5.74) is 1.15. The lowest BCUT2D eigenvalue weighted by molar-refractivity contribution is 0.478. The second-order valence-electron chi connectivity index (χ2n) is 4.97. The van der Waals surface area contributed by atoms with Crippen molar-refractivity contribution >= 4 is 0 Å². The second-order valence-corrected chi connectivity index (χ2v) is 4.97. The molecule has 16 heavy (non-hydrogen) atoms. The van der Waals surface area contributed by atoms with Crippen LogP contribution in [0.3, 0.4) is 0 Å². The minimum atomic E-state index is 0.734. The first-order valence-electron chi connectivity index (χ1n) is 6.61. The van der Waals surface area contributed by atoms with E-state index in [1.807, 2.05) is 4.68 Å². The van der Waals surface area contributed by atoms with E-state index in [0.717, 1.165) is 24.6 Å².